The third-order valence-corrected chi connectivity index (χ3v) is 6.18. The second-order valence-electron chi connectivity index (χ2n) is 7.79. The van der Waals surface area contributed by atoms with Gasteiger partial charge in [0.25, 0.3) is 5.91 Å². The molecule has 2 aliphatic heterocycles. The maximum atomic E-state index is 14.8. The Labute approximate surface area is 169 Å². The standard InChI is InChI=1S/C22H24FN3O3/c1-10-11(2)21(29-5)14(8-16(10)23)17-12(3)18-19(24-22(27)20(18)25-28)15-9-26(4)7-6-13(15)17/h8,28H,6-7,9H2,1-5H3,(H,24,25,27). The number of anilines is 1. The van der Waals surface area contributed by atoms with E-state index >= 15 is 0 Å². The molecule has 0 saturated heterocycles. The quantitative estimate of drug-likeness (QED) is 0.600. The van der Waals surface area contributed by atoms with Crippen molar-refractivity contribution in [3.63, 3.8) is 0 Å². The summed E-state index contributed by atoms with van der Waals surface area (Å²) in [6.45, 7) is 6.94. The van der Waals surface area contributed by atoms with Crippen LogP contribution < -0.4 is 10.1 Å². The zero-order valence-corrected chi connectivity index (χ0v) is 17.2. The number of nitrogens with one attached hydrogen (secondary N) is 1. The summed E-state index contributed by atoms with van der Waals surface area (Å²) < 4.78 is 20.4. The zero-order valence-electron chi connectivity index (χ0n) is 17.2. The number of likely N-dealkylation sites (N-methyl/N-ethyl adjacent to an activating group) is 1. The van der Waals surface area contributed by atoms with Crippen molar-refractivity contribution in [2.24, 2.45) is 5.16 Å². The lowest BCUT2D eigenvalue weighted by atomic mass is 9.82. The maximum Gasteiger partial charge on any atom is 0.278 e. The van der Waals surface area contributed by atoms with Crippen LogP contribution in [-0.4, -0.2) is 42.4 Å². The predicted octanol–water partition coefficient (Wildman–Crippen LogP) is 3.54. The van der Waals surface area contributed by atoms with Crippen molar-refractivity contribution >= 4 is 17.3 Å². The van der Waals surface area contributed by atoms with Gasteiger partial charge < -0.3 is 20.2 Å². The molecule has 0 fully saturated rings. The number of oxime groups is 1. The SMILES string of the molecule is COc1c(-c2c(C)c3c(c4c2CCN(C)C4)NC(=O)/C3=N\O)cc(F)c(C)c1C. The first-order chi connectivity index (χ1) is 13.8. The van der Waals surface area contributed by atoms with Crippen LogP contribution in [0.4, 0.5) is 10.1 Å². The van der Waals surface area contributed by atoms with Crippen LogP contribution in [-0.2, 0) is 17.8 Å². The summed E-state index contributed by atoms with van der Waals surface area (Å²) in [7, 11) is 3.60. The Morgan fingerprint density at radius 2 is 1.90 bits per heavy atom. The third-order valence-electron chi connectivity index (χ3n) is 6.18. The van der Waals surface area contributed by atoms with Crippen molar-refractivity contribution in [3.05, 3.63) is 45.3 Å². The van der Waals surface area contributed by atoms with Crippen LogP contribution in [0.2, 0.25) is 0 Å². The number of rotatable bonds is 2. The summed E-state index contributed by atoms with van der Waals surface area (Å²) in [5, 5.41) is 15.6. The minimum absolute atomic E-state index is 0.0157. The Kier molecular flexibility index (Phi) is 4.58. The molecule has 2 aromatic carbocycles. The molecule has 0 spiro atoms. The lowest BCUT2D eigenvalue weighted by molar-refractivity contribution is -0.110. The fourth-order valence-electron chi connectivity index (χ4n) is 4.57. The van der Waals surface area contributed by atoms with Gasteiger partial charge in [-0.1, -0.05) is 5.16 Å². The lowest BCUT2D eigenvalue weighted by Crippen LogP contribution is -2.28. The van der Waals surface area contributed by atoms with Gasteiger partial charge in [-0.15, -0.1) is 0 Å². The molecule has 6 nitrogen and oxygen atoms in total. The molecule has 1 amide bonds. The smallest absolute Gasteiger partial charge is 0.278 e. The second kappa shape index (κ2) is 6.84. The van der Waals surface area contributed by atoms with Crippen LogP contribution in [0, 0.1) is 26.6 Å². The first-order valence-corrected chi connectivity index (χ1v) is 9.54. The highest BCUT2D eigenvalue weighted by Crippen LogP contribution is 2.46. The Morgan fingerprint density at radius 1 is 1.17 bits per heavy atom. The Hall–Kier alpha value is -2.93. The molecule has 7 heteroatoms. The van der Waals surface area contributed by atoms with Gasteiger partial charge in [0.1, 0.15) is 11.6 Å². The number of nitrogens with zero attached hydrogens (tertiary/aromatic N) is 2. The molecule has 152 valence electrons. The second-order valence-corrected chi connectivity index (χ2v) is 7.79. The van der Waals surface area contributed by atoms with E-state index in [0.29, 0.717) is 34.7 Å². The summed E-state index contributed by atoms with van der Waals surface area (Å²) in [5.74, 6) is -0.116. The minimum atomic E-state index is -0.434. The molecule has 0 radical (unpaired) electrons. The van der Waals surface area contributed by atoms with Gasteiger partial charge in [-0.2, -0.15) is 0 Å². The summed E-state index contributed by atoms with van der Waals surface area (Å²) in [6, 6.07) is 1.51. The lowest BCUT2D eigenvalue weighted by Gasteiger charge is -2.31. The van der Waals surface area contributed by atoms with Gasteiger partial charge >= 0.3 is 0 Å². The van der Waals surface area contributed by atoms with Crippen LogP contribution in [0.1, 0.15) is 33.4 Å². The van der Waals surface area contributed by atoms with E-state index in [9.17, 15) is 14.4 Å². The highest BCUT2D eigenvalue weighted by Gasteiger charge is 2.36. The predicted molar refractivity (Wildman–Crippen MR) is 110 cm³/mol. The van der Waals surface area contributed by atoms with Gasteiger partial charge in [-0.05, 0) is 73.7 Å². The molecule has 0 aliphatic carbocycles. The number of carbonyl (C=O) groups excluding carboxylic acids is 1. The van der Waals surface area contributed by atoms with Gasteiger partial charge in [0, 0.05) is 24.2 Å². The van der Waals surface area contributed by atoms with Gasteiger partial charge in [0.15, 0.2) is 5.71 Å². The van der Waals surface area contributed by atoms with E-state index in [2.05, 4.69) is 15.4 Å². The number of methoxy groups -OCH3 is 1. The van der Waals surface area contributed by atoms with Gasteiger partial charge in [0.05, 0.1) is 12.8 Å². The third kappa shape index (κ3) is 2.72. The molecule has 0 saturated carbocycles. The van der Waals surface area contributed by atoms with E-state index in [-0.39, 0.29) is 11.5 Å². The molecule has 29 heavy (non-hydrogen) atoms. The van der Waals surface area contributed by atoms with E-state index in [1.165, 1.54) is 6.07 Å². The van der Waals surface area contributed by atoms with Crippen LogP contribution in [0.15, 0.2) is 11.2 Å². The van der Waals surface area contributed by atoms with E-state index in [4.69, 9.17) is 4.74 Å². The molecule has 4 rings (SSSR count). The number of ether oxygens (including phenoxy) is 1. The van der Waals surface area contributed by atoms with Crippen LogP contribution in [0.25, 0.3) is 11.1 Å². The fourth-order valence-corrected chi connectivity index (χ4v) is 4.57. The summed E-state index contributed by atoms with van der Waals surface area (Å²) >= 11 is 0. The topological polar surface area (TPSA) is 74.2 Å². The van der Waals surface area contributed by atoms with Crippen molar-refractivity contribution < 1.29 is 19.1 Å². The number of hydrogen-bond donors (Lipinski definition) is 2. The molecular formula is C22H24FN3O3. The van der Waals surface area contributed by atoms with Crippen molar-refractivity contribution in [2.45, 2.75) is 33.7 Å². The molecule has 0 aromatic heterocycles. The Morgan fingerprint density at radius 3 is 2.55 bits per heavy atom. The summed E-state index contributed by atoms with van der Waals surface area (Å²) in [5.41, 5.74) is 6.86. The van der Waals surface area contributed by atoms with Crippen molar-refractivity contribution in [1.29, 1.82) is 0 Å². The average Bonchev–Trinajstić information content (AvgIpc) is 3.03. The maximum absolute atomic E-state index is 14.8. The normalized spacial score (nSPS) is 17.3. The summed E-state index contributed by atoms with van der Waals surface area (Å²) in [6.07, 6.45) is 0.758. The molecule has 0 bridgehead atoms. The number of carbonyl (C=O) groups is 1. The van der Waals surface area contributed by atoms with Crippen molar-refractivity contribution in [3.8, 4) is 16.9 Å². The first-order valence-electron chi connectivity index (χ1n) is 9.54. The molecule has 2 N–H and O–H groups in total. The number of hydrogen-bond acceptors (Lipinski definition) is 5. The number of amides is 1. The number of halogens is 1. The van der Waals surface area contributed by atoms with E-state index in [0.717, 1.165) is 40.8 Å². The minimum Gasteiger partial charge on any atom is -0.496 e. The number of benzene rings is 2. The fraction of sp³-hybridized carbons (Fsp3) is 0.364. The van der Waals surface area contributed by atoms with Gasteiger partial charge in [0.2, 0.25) is 0 Å². The van der Waals surface area contributed by atoms with Crippen LogP contribution in [0.5, 0.6) is 5.75 Å². The Balaban J connectivity index is 2.13. The Bertz CT molecular complexity index is 1090. The van der Waals surface area contributed by atoms with Crippen molar-refractivity contribution in [2.75, 3.05) is 26.0 Å². The van der Waals surface area contributed by atoms with Crippen LogP contribution in [0.3, 0.4) is 0 Å². The highest BCUT2D eigenvalue weighted by molar-refractivity contribution is 6.54. The van der Waals surface area contributed by atoms with E-state index < -0.39 is 5.91 Å². The van der Waals surface area contributed by atoms with E-state index in [1.54, 1.807) is 14.0 Å². The van der Waals surface area contributed by atoms with Gasteiger partial charge in [-0.3, -0.25) is 4.79 Å². The molecule has 2 heterocycles. The van der Waals surface area contributed by atoms with Gasteiger partial charge in [-0.25, -0.2) is 4.39 Å². The average molecular weight is 397 g/mol. The van der Waals surface area contributed by atoms with Crippen LogP contribution >= 0.6 is 0 Å². The summed E-state index contributed by atoms with van der Waals surface area (Å²) in [4.78, 5) is 14.6. The van der Waals surface area contributed by atoms with E-state index in [1.807, 2.05) is 20.9 Å². The molecule has 2 aliphatic rings. The largest absolute Gasteiger partial charge is 0.496 e. The van der Waals surface area contributed by atoms with Crippen molar-refractivity contribution in [1.82, 2.24) is 4.90 Å². The molecule has 0 unspecified atom stereocenters. The molecule has 2 aromatic rings. The molecular weight excluding hydrogens is 373 g/mol. The zero-order chi connectivity index (χ0) is 21.0. The first kappa shape index (κ1) is 19.4. The monoisotopic (exact) mass is 397 g/mol. The highest BCUT2D eigenvalue weighted by atomic mass is 19.1. The number of fused-ring (bicyclic) bond motifs is 3. The molecule has 0 atom stereocenters.